The van der Waals surface area contributed by atoms with Crippen LogP contribution in [-0.2, 0) is 11.8 Å². The second-order valence-electron chi connectivity index (χ2n) is 4.83. The number of anilines is 1. The number of carbonyl (C=O) groups excluding carboxylic acids is 1. The van der Waals surface area contributed by atoms with E-state index in [1.807, 2.05) is 35.3 Å². The van der Waals surface area contributed by atoms with E-state index in [-0.39, 0.29) is 5.91 Å². The van der Waals surface area contributed by atoms with Gasteiger partial charge in [-0.3, -0.25) is 4.79 Å². The molecule has 0 spiro atoms. The molecule has 110 valence electrons. The number of thiophene rings is 1. The van der Waals surface area contributed by atoms with Crippen molar-refractivity contribution in [2.75, 3.05) is 5.32 Å². The van der Waals surface area contributed by atoms with Gasteiger partial charge < -0.3 is 9.88 Å². The Bertz CT molecular complexity index is 860. The number of aryl methyl sites for hydroxylation is 1. The van der Waals surface area contributed by atoms with Crippen molar-refractivity contribution in [1.29, 1.82) is 0 Å². The number of hydrogen-bond donors (Lipinski definition) is 1. The smallest absolute Gasteiger partial charge is 0.247 e. The Morgan fingerprint density at radius 1 is 1.45 bits per heavy atom. The summed E-state index contributed by atoms with van der Waals surface area (Å²) in [5.41, 5.74) is 2.60. The molecule has 4 nitrogen and oxygen atoms in total. The molecule has 5 heteroatoms. The molecule has 0 atom stereocenters. The van der Waals surface area contributed by atoms with Crippen molar-refractivity contribution >= 4 is 46.1 Å². The first kappa shape index (κ1) is 14.3. The first-order chi connectivity index (χ1) is 10.7. The largest absolute Gasteiger partial charge is 0.335 e. The van der Waals surface area contributed by atoms with Crippen LogP contribution in [0.1, 0.15) is 10.4 Å². The third kappa shape index (κ3) is 2.84. The Hall–Kier alpha value is -2.66. The van der Waals surface area contributed by atoms with E-state index in [2.05, 4.69) is 35.1 Å². The Kier molecular flexibility index (Phi) is 3.89. The second-order valence-corrected chi connectivity index (χ2v) is 5.81. The van der Waals surface area contributed by atoms with Gasteiger partial charge in [-0.1, -0.05) is 18.7 Å². The standard InChI is InChI=1S/C17H15N3OS/c1-3-16(21)19-13-9-15-12(6-7-14-5-4-8-22-14)11-20(2)17(15)18-10-13/h3-11H,1H2,2H3,(H,19,21)/b7-6+. The minimum absolute atomic E-state index is 0.243. The van der Waals surface area contributed by atoms with E-state index in [1.54, 1.807) is 17.5 Å². The fraction of sp³-hybridized carbons (Fsp3) is 0.0588. The second kappa shape index (κ2) is 5.99. The molecule has 0 fully saturated rings. The highest BCUT2D eigenvalue weighted by Crippen LogP contribution is 2.24. The van der Waals surface area contributed by atoms with Gasteiger partial charge >= 0.3 is 0 Å². The number of hydrogen-bond acceptors (Lipinski definition) is 3. The summed E-state index contributed by atoms with van der Waals surface area (Å²) in [5.74, 6) is -0.243. The van der Waals surface area contributed by atoms with Gasteiger partial charge in [0.15, 0.2) is 0 Å². The van der Waals surface area contributed by atoms with E-state index >= 15 is 0 Å². The van der Waals surface area contributed by atoms with Crippen molar-refractivity contribution in [3.05, 3.63) is 59.1 Å². The van der Waals surface area contributed by atoms with Crippen molar-refractivity contribution in [3.8, 4) is 0 Å². The van der Waals surface area contributed by atoms with Crippen molar-refractivity contribution in [2.24, 2.45) is 7.05 Å². The molecule has 3 heterocycles. The molecule has 22 heavy (non-hydrogen) atoms. The van der Waals surface area contributed by atoms with Crippen LogP contribution in [0.15, 0.2) is 48.6 Å². The number of nitrogens with one attached hydrogen (secondary N) is 1. The number of aromatic nitrogens is 2. The number of carbonyl (C=O) groups is 1. The summed E-state index contributed by atoms with van der Waals surface area (Å²) in [4.78, 5) is 17.0. The molecule has 1 amide bonds. The molecule has 0 saturated carbocycles. The average molecular weight is 309 g/mol. The van der Waals surface area contributed by atoms with Crippen LogP contribution < -0.4 is 5.32 Å². The predicted octanol–water partition coefficient (Wildman–Crippen LogP) is 3.93. The molecule has 3 rings (SSSR count). The van der Waals surface area contributed by atoms with Crippen LogP contribution >= 0.6 is 11.3 Å². The van der Waals surface area contributed by atoms with Crippen LogP contribution in [0.5, 0.6) is 0 Å². The Morgan fingerprint density at radius 3 is 3.05 bits per heavy atom. The third-order valence-electron chi connectivity index (χ3n) is 3.27. The molecule has 0 aliphatic heterocycles. The van der Waals surface area contributed by atoms with Crippen molar-refractivity contribution in [2.45, 2.75) is 0 Å². The molecule has 0 aliphatic rings. The molecular formula is C17H15N3OS. The van der Waals surface area contributed by atoms with E-state index in [1.165, 1.54) is 11.0 Å². The van der Waals surface area contributed by atoms with Crippen molar-refractivity contribution in [1.82, 2.24) is 9.55 Å². The quantitative estimate of drug-likeness (QED) is 0.742. The van der Waals surface area contributed by atoms with E-state index in [0.29, 0.717) is 5.69 Å². The number of amides is 1. The number of pyridine rings is 1. The lowest BCUT2D eigenvalue weighted by Crippen LogP contribution is -2.07. The molecule has 0 aliphatic carbocycles. The van der Waals surface area contributed by atoms with E-state index < -0.39 is 0 Å². The molecular weight excluding hydrogens is 294 g/mol. The van der Waals surface area contributed by atoms with Crippen LogP contribution in [0.3, 0.4) is 0 Å². The summed E-state index contributed by atoms with van der Waals surface area (Å²) in [6.07, 6.45) is 9.06. The Balaban J connectivity index is 2.00. The zero-order chi connectivity index (χ0) is 15.5. The van der Waals surface area contributed by atoms with E-state index in [0.717, 1.165) is 16.6 Å². The highest BCUT2D eigenvalue weighted by molar-refractivity contribution is 7.10. The molecule has 0 aromatic carbocycles. The van der Waals surface area contributed by atoms with Gasteiger partial charge in [0.1, 0.15) is 5.65 Å². The van der Waals surface area contributed by atoms with Gasteiger partial charge in [0, 0.05) is 29.1 Å². The summed E-state index contributed by atoms with van der Waals surface area (Å²) < 4.78 is 1.97. The normalized spacial score (nSPS) is 11.1. The lowest BCUT2D eigenvalue weighted by molar-refractivity contribution is -0.111. The summed E-state index contributed by atoms with van der Waals surface area (Å²) in [6, 6.07) is 6.02. The number of fused-ring (bicyclic) bond motifs is 1. The van der Waals surface area contributed by atoms with Gasteiger partial charge in [-0.05, 0) is 29.7 Å². The van der Waals surface area contributed by atoms with Gasteiger partial charge in [-0.2, -0.15) is 0 Å². The molecule has 0 bridgehead atoms. The Labute approximate surface area is 132 Å². The Morgan fingerprint density at radius 2 is 2.32 bits per heavy atom. The number of rotatable bonds is 4. The van der Waals surface area contributed by atoms with Crippen LogP contribution in [0, 0.1) is 0 Å². The molecule has 3 aromatic rings. The maximum absolute atomic E-state index is 11.4. The third-order valence-corrected chi connectivity index (χ3v) is 4.11. The van der Waals surface area contributed by atoms with Crippen LogP contribution in [0.2, 0.25) is 0 Å². The van der Waals surface area contributed by atoms with Gasteiger partial charge in [-0.15, -0.1) is 11.3 Å². The predicted molar refractivity (Wildman–Crippen MR) is 92.8 cm³/mol. The maximum atomic E-state index is 11.4. The minimum Gasteiger partial charge on any atom is -0.335 e. The lowest BCUT2D eigenvalue weighted by atomic mass is 10.2. The molecule has 3 aromatic heterocycles. The van der Waals surface area contributed by atoms with Gasteiger partial charge in [0.25, 0.3) is 0 Å². The molecule has 1 N–H and O–H groups in total. The van der Waals surface area contributed by atoms with E-state index in [9.17, 15) is 4.79 Å². The SMILES string of the molecule is C=CC(=O)Nc1cnc2c(c1)c(/C=C/c1cccs1)cn2C. The highest BCUT2D eigenvalue weighted by Gasteiger charge is 2.07. The van der Waals surface area contributed by atoms with Crippen molar-refractivity contribution < 1.29 is 4.79 Å². The van der Waals surface area contributed by atoms with Gasteiger partial charge in [-0.25, -0.2) is 4.98 Å². The molecule has 0 saturated heterocycles. The first-order valence-electron chi connectivity index (χ1n) is 6.77. The first-order valence-corrected chi connectivity index (χ1v) is 7.65. The van der Waals surface area contributed by atoms with Crippen LogP contribution in [0.4, 0.5) is 5.69 Å². The number of nitrogens with zero attached hydrogens (tertiary/aromatic N) is 2. The van der Waals surface area contributed by atoms with E-state index in [4.69, 9.17) is 0 Å². The highest BCUT2D eigenvalue weighted by atomic mass is 32.1. The maximum Gasteiger partial charge on any atom is 0.247 e. The summed E-state index contributed by atoms with van der Waals surface area (Å²) >= 11 is 1.69. The fourth-order valence-corrected chi connectivity index (χ4v) is 2.86. The molecule has 0 unspecified atom stereocenters. The zero-order valence-electron chi connectivity index (χ0n) is 12.1. The zero-order valence-corrected chi connectivity index (χ0v) is 12.9. The summed E-state index contributed by atoms with van der Waals surface area (Å²) in [5, 5.41) is 5.79. The lowest BCUT2D eigenvalue weighted by Gasteiger charge is -2.02. The van der Waals surface area contributed by atoms with Gasteiger partial charge in [0.05, 0.1) is 11.9 Å². The monoisotopic (exact) mass is 309 g/mol. The molecule has 0 radical (unpaired) electrons. The van der Waals surface area contributed by atoms with Crippen LogP contribution in [0.25, 0.3) is 23.2 Å². The van der Waals surface area contributed by atoms with Gasteiger partial charge in [0.2, 0.25) is 5.91 Å². The fourth-order valence-electron chi connectivity index (χ4n) is 2.24. The minimum atomic E-state index is -0.243. The topological polar surface area (TPSA) is 46.9 Å². The van der Waals surface area contributed by atoms with Crippen LogP contribution in [-0.4, -0.2) is 15.5 Å². The van der Waals surface area contributed by atoms with Crippen molar-refractivity contribution in [3.63, 3.8) is 0 Å². The summed E-state index contributed by atoms with van der Waals surface area (Å²) in [6.45, 7) is 3.45. The average Bonchev–Trinajstić information content (AvgIpc) is 3.13. The summed E-state index contributed by atoms with van der Waals surface area (Å²) in [7, 11) is 1.96.